The Morgan fingerprint density at radius 2 is 1.76 bits per heavy atom. The second-order valence-electron chi connectivity index (χ2n) is 8.00. The summed E-state index contributed by atoms with van der Waals surface area (Å²) >= 11 is 0. The Morgan fingerprint density at radius 3 is 2.52 bits per heavy atom. The molecule has 0 radical (unpaired) electrons. The maximum atomic E-state index is 13.1. The summed E-state index contributed by atoms with van der Waals surface area (Å²) in [6, 6.07) is 13.8. The Hall–Kier alpha value is -3.78. The van der Waals surface area contributed by atoms with Crippen LogP contribution in [-0.4, -0.2) is 54.4 Å². The summed E-state index contributed by atoms with van der Waals surface area (Å²) in [7, 11) is 1.48. The average molecular weight is 450 g/mol. The van der Waals surface area contributed by atoms with E-state index in [2.05, 4.69) is 10.6 Å². The summed E-state index contributed by atoms with van der Waals surface area (Å²) < 4.78 is 11.3. The van der Waals surface area contributed by atoms with Gasteiger partial charge in [0.1, 0.15) is 28.9 Å². The predicted molar refractivity (Wildman–Crippen MR) is 123 cm³/mol. The van der Waals surface area contributed by atoms with Crippen molar-refractivity contribution in [1.29, 1.82) is 0 Å². The highest BCUT2D eigenvalue weighted by molar-refractivity contribution is 5.99. The van der Waals surface area contributed by atoms with Crippen molar-refractivity contribution in [3.63, 3.8) is 0 Å². The molecule has 0 spiro atoms. The van der Waals surface area contributed by atoms with Gasteiger partial charge in [0.25, 0.3) is 5.91 Å². The van der Waals surface area contributed by atoms with Gasteiger partial charge in [0.15, 0.2) is 0 Å². The van der Waals surface area contributed by atoms with Gasteiger partial charge in [-0.05, 0) is 78.7 Å². The van der Waals surface area contributed by atoms with Gasteiger partial charge in [-0.3, -0.25) is 4.79 Å². The highest BCUT2D eigenvalue weighted by Gasteiger charge is 2.30. The number of esters is 1. The highest BCUT2D eigenvalue weighted by Crippen LogP contribution is 2.29. The SMILES string of the molecule is COc1cc2ccc(O)cc2cc1C(=O)O[C@@H]1CCCNC[C@H]1NC(=O)c1ccc(O)cc1. The molecule has 0 bridgehead atoms. The number of aromatic hydroxyl groups is 2. The molecule has 1 heterocycles. The number of phenolic OH excluding ortho intramolecular Hbond substituents is 2. The van der Waals surface area contributed by atoms with Gasteiger partial charge in [0.05, 0.1) is 13.2 Å². The smallest absolute Gasteiger partial charge is 0.342 e. The van der Waals surface area contributed by atoms with Crippen molar-refractivity contribution in [2.45, 2.75) is 25.0 Å². The second-order valence-corrected chi connectivity index (χ2v) is 8.00. The van der Waals surface area contributed by atoms with E-state index in [1.54, 1.807) is 30.3 Å². The molecule has 1 saturated heterocycles. The van der Waals surface area contributed by atoms with Crippen LogP contribution < -0.4 is 15.4 Å². The zero-order chi connectivity index (χ0) is 23.4. The van der Waals surface area contributed by atoms with Crippen LogP contribution >= 0.6 is 0 Å². The minimum atomic E-state index is -0.562. The first kappa shape index (κ1) is 22.4. The molecule has 0 aromatic heterocycles. The lowest BCUT2D eigenvalue weighted by Crippen LogP contribution is -2.49. The molecule has 8 heteroatoms. The van der Waals surface area contributed by atoms with Crippen molar-refractivity contribution >= 4 is 22.6 Å². The number of fused-ring (bicyclic) bond motifs is 1. The molecule has 4 N–H and O–H groups in total. The van der Waals surface area contributed by atoms with E-state index in [9.17, 15) is 19.8 Å². The third-order valence-electron chi connectivity index (χ3n) is 5.72. The molecule has 33 heavy (non-hydrogen) atoms. The van der Waals surface area contributed by atoms with Gasteiger partial charge in [0.2, 0.25) is 0 Å². The van der Waals surface area contributed by atoms with Crippen LogP contribution in [0.1, 0.15) is 33.6 Å². The molecule has 172 valence electrons. The maximum absolute atomic E-state index is 13.1. The minimum Gasteiger partial charge on any atom is -0.508 e. The quantitative estimate of drug-likeness (QED) is 0.442. The molecular formula is C25H26N2O6. The van der Waals surface area contributed by atoms with E-state index >= 15 is 0 Å². The first-order valence-electron chi connectivity index (χ1n) is 10.8. The third-order valence-corrected chi connectivity index (χ3v) is 5.72. The van der Waals surface area contributed by atoms with Crippen molar-refractivity contribution in [2.24, 2.45) is 0 Å². The molecule has 3 aromatic rings. The second kappa shape index (κ2) is 9.79. The number of phenols is 2. The molecule has 2 atom stereocenters. The molecule has 1 aliphatic heterocycles. The van der Waals surface area contributed by atoms with Gasteiger partial charge in [-0.1, -0.05) is 6.07 Å². The molecule has 1 fully saturated rings. The summed E-state index contributed by atoms with van der Waals surface area (Å²) in [6.45, 7) is 1.20. The van der Waals surface area contributed by atoms with Gasteiger partial charge in [0, 0.05) is 12.1 Å². The Labute approximate surface area is 191 Å². The fourth-order valence-corrected chi connectivity index (χ4v) is 3.96. The lowest BCUT2D eigenvalue weighted by Gasteiger charge is -2.26. The normalized spacial score (nSPS) is 18.3. The Morgan fingerprint density at radius 1 is 1.00 bits per heavy atom. The predicted octanol–water partition coefficient (Wildman–Crippen LogP) is 2.97. The van der Waals surface area contributed by atoms with Crippen LogP contribution in [0.3, 0.4) is 0 Å². The number of methoxy groups -OCH3 is 1. The monoisotopic (exact) mass is 450 g/mol. The summed E-state index contributed by atoms with van der Waals surface area (Å²) in [5, 5.41) is 26.9. The zero-order valence-electron chi connectivity index (χ0n) is 18.2. The number of carbonyl (C=O) groups is 2. The molecule has 0 aliphatic carbocycles. The van der Waals surface area contributed by atoms with Gasteiger partial charge in [-0.2, -0.15) is 0 Å². The Kier molecular flexibility index (Phi) is 6.65. The van der Waals surface area contributed by atoms with Gasteiger partial charge < -0.3 is 30.3 Å². The maximum Gasteiger partial charge on any atom is 0.342 e. The average Bonchev–Trinajstić information content (AvgIpc) is 3.03. The zero-order valence-corrected chi connectivity index (χ0v) is 18.2. The van der Waals surface area contributed by atoms with Gasteiger partial charge in [-0.25, -0.2) is 4.79 Å². The van der Waals surface area contributed by atoms with Crippen LogP contribution in [0.15, 0.2) is 54.6 Å². The number of ether oxygens (including phenoxy) is 2. The van der Waals surface area contributed by atoms with Crippen molar-refractivity contribution in [1.82, 2.24) is 10.6 Å². The molecule has 1 aliphatic rings. The molecule has 1 amide bonds. The van der Waals surface area contributed by atoms with Crippen LogP contribution in [0.5, 0.6) is 17.2 Å². The summed E-state index contributed by atoms with van der Waals surface area (Å²) in [5.41, 5.74) is 0.648. The number of hydrogen-bond donors (Lipinski definition) is 4. The van der Waals surface area contributed by atoms with Gasteiger partial charge >= 0.3 is 5.97 Å². The van der Waals surface area contributed by atoms with E-state index in [0.29, 0.717) is 29.7 Å². The van der Waals surface area contributed by atoms with Gasteiger partial charge in [-0.15, -0.1) is 0 Å². The van der Waals surface area contributed by atoms with E-state index in [0.717, 1.165) is 18.4 Å². The molecular weight excluding hydrogens is 424 g/mol. The molecule has 0 unspecified atom stereocenters. The standard InChI is InChI=1S/C25H26N2O6/c1-32-23-13-16-6-9-19(29)11-17(16)12-20(23)25(31)33-22-3-2-10-26-14-21(22)27-24(30)15-4-7-18(28)8-5-15/h4-9,11-13,21-22,26,28-29H,2-3,10,14H2,1H3,(H,27,30)/t21-,22-/m1/s1. The fourth-order valence-electron chi connectivity index (χ4n) is 3.96. The first-order chi connectivity index (χ1) is 15.9. The number of benzene rings is 3. The van der Waals surface area contributed by atoms with Crippen molar-refractivity contribution in [3.05, 3.63) is 65.7 Å². The van der Waals surface area contributed by atoms with E-state index in [4.69, 9.17) is 9.47 Å². The van der Waals surface area contributed by atoms with Crippen LogP contribution in [0, 0.1) is 0 Å². The van der Waals surface area contributed by atoms with Crippen LogP contribution in [-0.2, 0) is 4.74 Å². The van der Waals surface area contributed by atoms with E-state index in [1.165, 1.54) is 31.4 Å². The number of nitrogens with one attached hydrogen (secondary N) is 2. The number of amides is 1. The van der Waals surface area contributed by atoms with E-state index in [-0.39, 0.29) is 23.0 Å². The molecule has 8 nitrogen and oxygen atoms in total. The van der Waals surface area contributed by atoms with Crippen LogP contribution in [0.4, 0.5) is 0 Å². The molecule has 4 rings (SSSR count). The van der Waals surface area contributed by atoms with Crippen molar-refractivity contribution < 1.29 is 29.3 Å². The number of rotatable bonds is 5. The largest absolute Gasteiger partial charge is 0.508 e. The summed E-state index contributed by atoms with van der Waals surface area (Å²) in [4.78, 5) is 25.9. The fraction of sp³-hybridized carbons (Fsp3) is 0.280. The first-order valence-corrected chi connectivity index (χ1v) is 10.8. The third kappa shape index (κ3) is 5.18. The van der Waals surface area contributed by atoms with E-state index < -0.39 is 18.1 Å². The number of carbonyl (C=O) groups excluding carboxylic acids is 2. The summed E-state index contributed by atoms with van der Waals surface area (Å²) in [5.74, 6) is -0.336. The number of hydrogen-bond acceptors (Lipinski definition) is 7. The summed E-state index contributed by atoms with van der Waals surface area (Å²) in [6.07, 6.45) is 0.820. The lowest BCUT2D eigenvalue weighted by molar-refractivity contribution is 0.0189. The van der Waals surface area contributed by atoms with Crippen molar-refractivity contribution in [2.75, 3.05) is 20.2 Å². The molecule has 0 saturated carbocycles. The Balaban J connectivity index is 1.55. The Bertz CT molecular complexity index is 1160. The molecule has 3 aromatic carbocycles. The lowest BCUT2D eigenvalue weighted by atomic mass is 10.0. The highest BCUT2D eigenvalue weighted by atomic mass is 16.5. The van der Waals surface area contributed by atoms with Crippen LogP contribution in [0.25, 0.3) is 10.8 Å². The topological polar surface area (TPSA) is 117 Å². The van der Waals surface area contributed by atoms with Crippen LogP contribution in [0.2, 0.25) is 0 Å². The van der Waals surface area contributed by atoms with E-state index in [1.807, 2.05) is 0 Å². The minimum absolute atomic E-state index is 0.0761. The van der Waals surface area contributed by atoms with Crippen molar-refractivity contribution in [3.8, 4) is 17.2 Å².